The lowest BCUT2D eigenvalue weighted by molar-refractivity contribution is 1.11. The van der Waals surface area contributed by atoms with Crippen LogP contribution in [0, 0.1) is 11.3 Å². The first-order valence-electron chi connectivity index (χ1n) is 15.2. The Morgan fingerprint density at radius 1 is 0.391 bits per heavy atom. The Labute approximate surface area is 260 Å². The Hall–Kier alpha value is -6.58. The molecule has 6 aromatic carbocycles. The fourth-order valence-corrected chi connectivity index (χ4v) is 8.17. The Morgan fingerprint density at radius 2 is 0.783 bits per heavy atom. The van der Waals surface area contributed by atoms with Gasteiger partial charge in [0.15, 0.2) is 0 Å². The number of benzene rings is 6. The van der Waals surface area contributed by atoms with Crippen molar-refractivity contribution in [1.29, 1.82) is 5.26 Å². The van der Waals surface area contributed by atoms with Gasteiger partial charge in [0.25, 0.3) is 0 Å². The molecule has 0 atom stereocenters. The van der Waals surface area contributed by atoms with E-state index in [2.05, 4.69) is 81.9 Å². The third kappa shape index (κ3) is 2.71. The number of hydrogen-bond acceptors (Lipinski definition) is 4. The van der Waals surface area contributed by atoms with Crippen molar-refractivity contribution in [1.82, 2.24) is 24.1 Å². The van der Waals surface area contributed by atoms with Gasteiger partial charge in [-0.3, -0.25) is 15.0 Å². The van der Waals surface area contributed by atoms with Gasteiger partial charge in [0.2, 0.25) is 0 Å². The Bertz CT molecular complexity index is 2730. The zero-order valence-electron chi connectivity index (χ0n) is 24.2. The van der Waals surface area contributed by atoms with Gasteiger partial charge >= 0.3 is 0 Å². The predicted octanol–water partition coefficient (Wildman–Crippen LogP) is 9.43. The number of pyridine rings is 3. The third-order valence-electron chi connectivity index (χ3n) is 9.91. The molecule has 0 fully saturated rings. The molecule has 5 heterocycles. The van der Waals surface area contributed by atoms with Crippen molar-refractivity contribution in [2.45, 2.75) is 0 Å². The molecule has 0 unspecified atom stereocenters. The highest BCUT2D eigenvalue weighted by molar-refractivity contribution is 6.35. The lowest BCUT2D eigenvalue weighted by atomic mass is 9.96. The summed E-state index contributed by atoms with van der Waals surface area (Å²) in [5, 5.41) is 24.8. The molecule has 0 saturated carbocycles. The van der Waals surface area contributed by atoms with Crippen molar-refractivity contribution < 1.29 is 0 Å². The second kappa shape index (κ2) is 8.32. The minimum atomic E-state index is 0.570. The Balaban J connectivity index is 1.30. The van der Waals surface area contributed by atoms with Crippen LogP contribution in [0.15, 0.2) is 122 Å². The Kier molecular flexibility index (Phi) is 4.31. The molecule has 0 aliphatic carbocycles. The summed E-state index contributed by atoms with van der Waals surface area (Å²) in [5.41, 5.74) is 6.10. The molecule has 0 radical (unpaired) electrons. The summed E-state index contributed by atoms with van der Waals surface area (Å²) < 4.78 is 4.39. The number of fused-ring (bicyclic) bond motifs is 6. The first kappa shape index (κ1) is 23.8. The lowest BCUT2D eigenvalue weighted by Crippen LogP contribution is -2.04. The van der Waals surface area contributed by atoms with E-state index in [9.17, 15) is 5.26 Å². The largest absolute Gasteiger partial charge is 0.306 e. The van der Waals surface area contributed by atoms with Crippen molar-refractivity contribution in [3.63, 3.8) is 0 Å². The number of nitrogens with zero attached hydrogens (tertiary/aromatic N) is 6. The van der Waals surface area contributed by atoms with Gasteiger partial charge in [-0.15, -0.1) is 0 Å². The van der Waals surface area contributed by atoms with Gasteiger partial charge in [-0.2, -0.15) is 5.26 Å². The third-order valence-corrected chi connectivity index (χ3v) is 9.91. The maximum Gasteiger partial charge on any atom is 0.104 e. The van der Waals surface area contributed by atoms with Crippen molar-refractivity contribution in [2.24, 2.45) is 0 Å². The lowest BCUT2D eigenvalue weighted by Gasteiger charge is -2.15. The van der Waals surface area contributed by atoms with Gasteiger partial charge in [0.05, 0.1) is 52.0 Å². The molecule has 0 spiro atoms. The standard InChI is InChI=1S/C40H20N6/c41-15-27-31(45-33-14-5-11-26-22-7-1-2-8-23(22)28-16-42-19-34(45)38(28)37(26)33)12-6-13-32(27)46-35-20-43-17-29-24-9-3-4-10-25(24)30-18-44-21-36(46)40(30)39(29)35/h1-14,16-21H. The van der Waals surface area contributed by atoms with Crippen molar-refractivity contribution in [2.75, 3.05) is 0 Å². The summed E-state index contributed by atoms with van der Waals surface area (Å²) in [7, 11) is 0. The summed E-state index contributed by atoms with van der Waals surface area (Å²) in [4.78, 5) is 14.1. The minimum absolute atomic E-state index is 0.570. The van der Waals surface area contributed by atoms with Gasteiger partial charge < -0.3 is 9.13 Å². The van der Waals surface area contributed by atoms with Crippen molar-refractivity contribution >= 4 is 86.7 Å². The maximum atomic E-state index is 11.0. The van der Waals surface area contributed by atoms with Crippen LogP contribution in [0.3, 0.4) is 0 Å². The Morgan fingerprint density at radius 3 is 1.26 bits per heavy atom. The van der Waals surface area contributed by atoms with E-state index in [0.29, 0.717) is 5.56 Å². The van der Waals surface area contributed by atoms with Crippen LogP contribution in [0.1, 0.15) is 5.56 Å². The minimum Gasteiger partial charge on any atom is -0.306 e. The van der Waals surface area contributed by atoms with Crippen LogP contribution in [-0.2, 0) is 0 Å². The van der Waals surface area contributed by atoms with Crippen LogP contribution < -0.4 is 0 Å². The molecule has 0 bridgehead atoms. The molecule has 11 aromatic rings. The van der Waals surface area contributed by atoms with Gasteiger partial charge in [-0.1, -0.05) is 66.7 Å². The molecular formula is C40H20N6. The summed E-state index contributed by atoms with van der Waals surface area (Å²) >= 11 is 0. The van der Waals surface area contributed by atoms with E-state index in [1.165, 1.54) is 21.5 Å². The zero-order valence-corrected chi connectivity index (χ0v) is 24.2. The molecule has 11 rings (SSSR count). The fourth-order valence-electron chi connectivity index (χ4n) is 8.17. The van der Waals surface area contributed by atoms with Gasteiger partial charge in [-0.05, 0) is 45.1 Å². The summed E-state index contributed by atoms with van der Waals surface area (Å²) in [6, 6.07) is 32.1. The average molecular weight is 585 g/mol. The molecule has 6 heteroatoms. The average Bonchev–Trinajstić information content (AvgIpc) is 3.64. The van der Waals surface area contributed by atoms with Gasteiger partial charge in [0, 0.05) is 56.3 Å². The van der Waals surface area contributed by atoms with Crippen LogP contribution >= 0.6 is 0 Å². The summed E-state index contributed by atoms with van der Waals surface area (Å²) in [5.74, 6) is 0. The molecule has 0 aliphatic heterocycles. The number of rotatable bonds is 2. The molecular weight excluding hydrogens is 564 g/mol. The van der Waals surface area contributed by atoms with Crippen molar-refractivity contribution in [3.8, 4) is 17.4 Å². The molecule has 5 aromatic heterocycles. The molecule has 0 amide bonds. The van der Waals surface area contributed by atoms with Crippen LogP contribution in [-0.4, -0.2) is 24.1 Å². The second-order valence-electron chi connectivity index (χ2n) is 12.0. The number of hydrogen-bond donors (Lipinski definition) is 0. The SMILES string of the molecule is N#Cc1c(-n2c3cccc4c5ccccc5c5cncc2c5c43)cccc1-n1c2cncc3c4ccccc4c4cncc1c4c32. The molecule has 0 saturated heterocycles. The molecule has 6 nitrogen and oxygen atoms in total. The summed E-state index contributed by atoms with van der Waals surface area (Å²) in [6.45, 7) is 0. The quantitative estimate of drug-likeness (QED) is 0.190. The molecule has 0 N–H and O–H groups in total. The molecule has 0 aliphatic rings. The maximum absolute atomic E-state index is 11.0. The molecule has 210 valence electrons. The number of aromatic nitrogens is 5. The first-order valence-corrected chi connectivity index (χ1v) is 15.2. The first-order chi connectivity index (χ1) is 22.8. The highest BCUT2D eigenvalue weighted by Crippen LogP contribution is 2.46. The monoisotopic (exact) mass is 584 g/mol. The molecule has 46 heavy (non-hydrogen) atoms. The van der Waals surface area contributed by atoms with E-state index in [4.69, 9.17) is 15.0 Å². The van der Waals surface area contributed by atoms with Gasteiger partial charge in [0.1, 0.15) is 11.6 Å². The van der Waals surface area contributed by atoms with Crippen LogP contribution in [0.5, 0.6) is 0 Å². The predicted molar refractivity (Wildman–Crippen MR) is 186 cm³/mol. The van der Waals surface area contributed by atoms with E-state index in [-0.39, 0.29) is 0 Å². The number of nitriles is 1. The van der Waals surface area contributed by atoms with E-state index in [0.717, 1.165) is 76.5 Å². The topological polar surface area (TPSA) is 72.3 Å². The highest BCUT2D eigenvalue weighted by Gasteiger charge is 2.25. The van der Waals surface area contributed by atoms with Crippen molar-refractivity contribution in [3.05, 3.63) is 128 Å². The fraction of sp³-hybridized carbons (Fsp3) is 0. The highest BCUT2D eigenvalue weighted by atomic mass is 15.0. The van der Waals surface area contributed by atoms with Crippen LogP contribution in [0.2, 0.25) is 0 Å². The van der Waals surface area contributed by atoms with E-state index in [1.54, 1.807) is 0 Å². The van der Waals surface area contributed by atoms with Crippen LogP contribution in [0.4, 0.5) is 0 Å². The zero-order chi connectivity index (χ0) is 30.1. The van der Waals surface area contributed by atoms with E-state index >= 15 is 0 Å². The smallest absolute Gasteiger partial charge is 0.104 e. The van der Waals surface area contributed by atoms with E-state index in [1.807, 2.05) is 55.4 Å². The normalized spacial score (nSPS) is 12.3. The second-order valence-corrected chi connectivity index (χ2v) is 12.0. The van der Waals surface area contributed by atoms with Crippen LogP contribution in [0.25, 0.3) is 98.1 Å². The van der Waals surface area contributed by atoms with E-state index < -0.39 is 0 Å². The summed E-state index contributed by atoms with van der Waals surface area (Å²) in [6.07, 6.45) is 11.6. The van der Waals surface area contributed by atoms with Gasteiger partial charge in [-0.25, -0.2) is 0 Å².